The van der Waals surface area contributed by atoms with Gasteiger partial charge >= 0.3 is 5.97 Å². The van der Waals surface area contributed by atoms with E-state index < -0.39 is 0 Å². The largest absolute Gasteiger partial charge is 0.462 e. The molecular weight excluding hydrogens is 340 g/mol. The Kier molecular flexibility index (Phi) is 4.25. The summed E-state index contributed by atoms with van der Waals surface area (Å²) in [6.45, 7) is 8.30. The summed E-state index contributed by atoms with van der Waals surface area (Å²) >= 11 is 0. The second-order valence-corrected chi connectivity index (χ2v) is 9.56. The zero-order chi connectivity index (χ0) is 19.6. The maximum absolute atomic E-state index is 13.4. The van der Waals surface area contributed by atoms with Gasteiger partial charge in [-0.3, -0.25) is 14.4 Å². The third-order valence-electron chi connectivity index (χ3n) is 8.05. The molecule has 0 N–H and O–H groups in total. The molecule has 0 radical (unpaired) electrons. The average Bonchev–Trinajstić information content (AvgIpc) is 2.92. The second-order valence-electron chi connectivity index (χ2n) is 9.56. The lowest BCUT2D eigenvalue weighted by molar-refractivity contribution is -0.164. The van der Waals surface area contributed by atoms with E-state index in [9.17, 15) is 14.4 Å². The summed E-state index contributed by atoms with van der Waals surface area (Å²) in [6.07, 6.45) is 8.89. The van der Waals surface area contributed by atoms with E-state index in [0.717, 1.165) is 24.8 Å². The van der Waals surface area contributed by atoms with Crippen LogP contribution in [0.4, 0.5) is 0 Å². The number of ketones is 2. The van der Waals surface area contributed by atoms with Crippen molar-refractivity contribution >= 4 is 17.5 Å². The molecule has 4 heteroatoms. The molecule has 27 heavy (non-hydrogen) atoms. The van der Waals surface area contributed by atoms with E-state index in [1.807, 2.05) is 13.0 Å². The molecule has 0 heterocycles. The topological polar surface area (TPSA) is 60.4 Å². The monoisotopic (exact) mass is 370 g/mol. The van der Waals surface area contributed by atoms with Gasteiger partial charge in [0.1, 0.15) is 11.9 Å². The normalized spacial score (nSPS) is 45.6. The van der Waals surface area contributed by atoms with Crippen LogP contribution in [0.5, 0.6) is 0 Å². The van der Waals surface area contributed by atoms with Crippen LogP contribution in [0.1, 0.15) is 59.8 Å². The van der Waals surface area contributed by atoms with Gasteiger partial charge in [-0.15, -0.1) is 0 Å². The number of Topliss-reactive ketones (excluding diaryl/α,β-unsaturated/α-hetero) is 1. The van der Waals surface area contributed by atoms with E-state index in [1.165, 1.54) is 0 Å². The number of esters is 1. The van der Waals surface area contributed by atoms with Crippen molar-refractivity contribution < 1.29 is 19.1 Å². The quantitative estimate of drug-likeness (QED) is 0.688. The zero-order valence-corrected chi connectivity index (χ0v) is 16.8. The van der Waals surface area contributed by atoms with Crippen molar-refractivity contribution in [2.24, 2.45) is 34.5 Å². The van der Waals surface area contributed by atoms with Gasteiger partial charge in [0.25, 0.3) is 0 Å². The van der Waals surface area contributed by atoms with Crippen LogP contribution in [0.2, 0.25) is 0 Å². The van der Waals surface area contributed by atoms with Crippen LogP contribution in [0.25, 0.3) is 0 Å². The first kappa shape index (κ1) is 18.6. The number of allylic oxidation sites excluding steroid dienone is 4. The maximum Gasteiger partial charge on any atom is 0.305 e. The van der Waals surface area contributed by atoms with Crippen molar-refractivity contribution in [3.8, 4) is 0 Å². The van der Waals surface area contributed by atoms with Crippen LogP contribution in [0.15, 0.2) is 23.8 Å². The van der Waals surface area contributed by atoms with E-state index in [4.69, 9.17) is 4.74 Å². The zero-order valence-electron chi connectivity index (χ0n) is 16.8. The highest BCUT2D eigenvalue weighted by Crippen LogP contribution is 2.64. The predicted molar refractivity (Wildman–Crippen MR) is 102 cm³/mol. The molecule has 4 nitrogen and oxygen atoms in total. The number of carbonyl (C=O) groups is 3. The Bertz CT molecular complexity index is 762. The number of ether oxygens (including phenoxy) is 1. The molecule has 7 unspecified atom stereocenters. The van der Waals surface area contributed by atoms with E-state index in [-0.39, 0.29) is 52.2 Å². The molecule has 0 aromatic rings. The van der Waals surface area contributed by atoms with Gasteiger partial charge in [0.15, 0.2) is 5.78 Å². The molecule has 0 aromatic heterocycles. The van der Waals surface area contributed by atoms with Gasteiger partial charge in [-0.2, -0.15) is 0 Å². The number of fused-ring (bicyclic) bond motifs is 5. The van der Waals surface area contributed by atoms with E-state index in [2.05, 4.69) is 20.8 Å². The van der Waals surface area contributed by atoms with Gasteiger partial charge in [0, 0.05) is 29.6 Å². The fourth-order valence-electron chi connectivity index (χ4n) is 6.85. The van der Waals surface area contributed by atoms with Crippen molar-refractivity contribution in [2.75, 3.05) is 0 Å². The minimum atomic E-state index is -0.354. The number of carbonyl (C=O) groups excluding carboxylic acids is 3. The first-order chi connectivity index (χ1) is 12.7. The maximum atomic E-state index is 13.4. The van der Waals surface area contributed by atoms with Crippen LogP contribution in [0, 0.1) is 34.5 Å². The lowest BCUT2D eigenvalue weighted by Crippen LogP contribution is -2.56. The van der Waals surface area contributed by atoms with Gasteiger partial charge in [-0.05, 0) is 49.2 Å². The molecule has 146 valence electrons. The summed E-state index contributed by atoms with van der Waals surface area (Å²) in [4.78, 5) is 37.3. The highest BCUT2D eigenvalue weighted by atomic mass is 16.5. The molecule has 3 saturated carbocycles. The summed E-state index contributed by atoms with van der Waals surface area (Å²) in [5.41, 5.74) is 0.515. The molecule has 4 rings (SSSR count). The SMILES string of the molecule is CCC(=O)OC1CCC2C3CC(C)C4=CC(=O)C=CC4(C)C3C(=O)CC12C. The molecule has 3 fully saturated rings. The van der Waals surface area contributed by atoms with E-state index >= 15 is 0 Å². The Balaban J connectivity index is 1.70. The molecule has 0 aromatic carbocycles. The van der Waals surface area contributed by atoms with Crippen LogP contribution >= 0.6 is 0 Å². The molecule has 7 atom stereocenters. The smallest absolute Gasteiger partial charge is 0.305 e. The molecule has 4 aliphatic carbocycles. The van der Waals surface area contributed by atoms with Crippen LogP contribution < -0.4 is 0 Å². The Morgan fingerprint density at radius 2 is 2.00 bits per heavy atom. The summed E-state index contributed by atoms with van der Waals surface area (Å²) in [6, 6.07) is 0. The lowest BCUT2D eigenvalue weighted by Gasteiger charge is -2.57. The minimum Gasteiger partial charge on any atom is -0.462 e. The lowest BCUT2D eigenvalue weighted by atomic mass is 9.46. The molecule has 0 aliphatic heterocycles. The standard InChI is InChI=1S/C23H30O4/c1-5-20(26)27-19-7-6-16-15-10-13(2)17-11-14(24)8-9-22(17,3)21(15)18(25)12-23(16,19)4/h8-9,11,13,15-16,19,21H,5-7,10,12H2,1-4H3. The molecule has 4 aliphatic rings. The first-order valence-corrected chi connectivity index (χ1v) is 10.4. The van der Waals surface area contributed by atoms with Crippen LogP contribution in [-0.2, 0) is 19.1 Å². The average molecular weight is 370 g/mol. The first-order valence-electron chi connectivity index (χ1n) is 10.4. The van der Waals surface area contributed by atoms with Gasteiger partial charge in [-0.1, -0.05) is 39.3 Å². The Hall–Kier alpha value is -1.71. The highest BCUT2D eigenvalue weighted by molar-refractivity contribution is 6.02. The Morgan fingerprint density at radius 1 is 1.26 bits per heavy atom. The molecule has 0 amide bonds. The molecule has 0 saturated heterocycles. The third-order valence-corrected chi connectivity index (χ3v) is 8.05. The van der Waals surface area contributed by atoms with Crippen molar-refractivity contribution in [1.29, 1.82) is 0 Å². The number of hydrogen-bond acceptors (Lipinski definition) is 4. The summed E-state index contributed by atoms with van der Waals surface area (Å²) in [5, 5.41) is 0. The Morgan fingerprint density at radius 3 is 2.70 bits per heavy atom. The van der Waals surface area contributed by atoms with Gasteiger partial charge in [-0.25, -0.2) is 0 Å². The third kappa shape index (κ3) is 2.59. The van der Waals surface area contributed by atoms with Gasteiger partial charge < -0.3 is 4.74 Å². The van der Waals surface area contributed by atoms with E-state index in [0.29, 0.717) is 18.8 Å². The fourth-order valence-corrected chi connectivity index (χ4v) is 6.85. The number of rotatable bonds is 2. The Labute approximate surface area is 161 Å². The van der Waals surface area contributed by atoms with Crippen molar-refractivity contribution in [3.63, 3.8) is 0 Å². The number of hydrogen-bond donors (Lipinski definition) is 0. The molecular formula is C23H30O4. The van der Waals surface area contributed by atoms with Crippen molar-refractivity contribution in [2.45, 2.75) is 65.9 Å². The van der Waals surface area contributed by atoms with E-state index in [1.54, 1.807) is 12.2 Å². The molecule has 0 spiro atoms. The summed E-state index contributed by atoms with van der Waals surface area (Å²) in [5.74, 6) is 1.05. The van der Waals surface area contributed by atoms with Gasteiger partial charge in [0.05, 0.1) is 0 Å². The minimum absolute atomic E-state index is 0.0354. The van der Waals surface area contributed by atoms with Crippen LogP contribution in [0.3, 0.4) is 0 Å². The highest BCUT2D eigenvalue weighted by Gasteiger charge is 2.63. The van der Waals surface area contributed by atoms with Crippen molar-refractivity contribution in [1.82, 2.24) is 0 Å². The predicted octanol–water partition coefficient (Wildman–Crippen LogP) is 4.04. The van der Waals surface area contributed by atoms with Crippen molar-refractivity contribution in [3.05, 3.63) is 23.8 Å². The summed E-state index contributed by atoms with van der Waals surface area (Å²) in [7, 11) is 0. The van der Waals surface area contributed by atoms with Crippen LogP contribution in [-0.4, -0.2) is 23.6 Å². The fraction of sp³-hybridized carbons (Fsp3) is 0.696. The summed E-state index contributed by atoms with van der Waals surface area (Å²) < 4.78 is 5.77. The second kappa shape index (κ2) is 6.15. The molecule has 0 bridgehead atoms. The van der Waals surface area contributed by atoms with Gasteiger partial charge in [0.2, 0.25) is 0 Å².